The van der Waals surface area contributed by atoms with Crippen molar-refractivity contribution in [3.05, 3.63) is 10.6 Å². The van der Waals surface area contributed by atoms with Crippen molar-refractivity contribution in [1.29, 1.82) is 0 Å². The lowest BCUT2D eigenvalue weighted by atomic mass is 9.45. The molecule has 0 aromatic carbocycles. The van der Waals surface area contributed by atoms with Gasteiger partial charge in [0.15, 0.2) is 5.79 Å². The molecule has 2 saturated carbocycles. The lowest BCUT2D eigenvalue weighted by molar-refractivity contribution is -0.289. The summed E-state index contributed by atoms with van der Waals surface area (Å²) in [6.45, 7) is 11.8. The zero-order valence-corrected chi connectivity index (χ0v) is 16.5. The first-order chi connectivity index (χ1) is 10.1. The van der Waals surface area contributed by atoms with Crippen LogP contribution in [0.3, 0.4) is 0 Å². The van der Waals surface area contributed by atoms with Crippen molar-refractivity contribution >= 4 is 15.9 Å². The van der Waals surface area contributed by atoms with Crippen molar-refractivity contribution in [2.45, 2.75) is 78.1 Å². The fraction of sp³-hybridized carbons (Fsp3) is 0.895. The van der Waals surface area contributed by atoms with Crippen molar-refractivity contribution in [2.75, 3.05) is 7.11 Å². The van der Waals surface area contributed by atoms with Gasteiger partial charge in [-0.25, -0.2) is 0 Å². The maximum Gasteiger partial charge on any atom is 0.198 e. The van der Waals surface area contributed by atoms with Crippen molar-refractivity contribution in [3.8, 4) is 0 Å². The van der Waals surface area contributed by atoms with Gasteiger partial charge >= 0.3 is 0 Å². The summed E-state index contributed by atoms with van der Waals surface area (Å²) < 4.78 is 13.3. The monoisotopic (exact) mass is 370 g/mol. The standard InChI is InChI=1S/C19H31BrO2/c1-16(2)9-7-10-17(3)13(16)8-11-18(4)14(17)12-15(20)19(5,21-6)22-18/h12-14H,7-11H2,1-6H3/t13-,14+,17-,18+,19-/m0/s1. The van der Waals surface area contributed by atoms with Gasteiger partial charge in [-0.15, -0.1) is 0 Å². The van der Waals surface area contributed by atoms with Crippen LogP contribution in [0.4, 0.5) is 0 Å². The summed E-state index contributed by atoms with van der Waals surface area (Å²) >= 11 is 3.74. The molecule has 2 nitrogen and oxygen atoms in total. The molecule has 0 unspecified atom stereocenters. The van der Waals surface area contributed by atoms with Crippen LogP contribution in [0.5, 0.6) is 0 Å². The van der Waals surface area contributed by atoms with Crippen LogP contribution in [-0.2, 0) is 9.47 Å². The Labute approximate surface area is 144 Å². The predicted molar refractivity (Wildman–Crippen MR) is 93.9 cm³/mol. The molecule has 0 saturated heterocycles. The second-order valence-electron chi connectivity index (χ2n) is 9.00. The van der Waals surface area contributed by atoms with Crippen molar-refractivity contribution < 1.29 is 9.47 Å². The average molecular weight is 371 g/mol. The molecule has 0 N–H and O–H groups in total. The van der Waals surface area contributed by atoms with Gasteiger partial charge in [0, 0.05) is 13.0 Å². The van der Waals surface area contributed by atoms with Gasteiger partial charge in [-0.05, 0) is 56.3 Å². The molecular weight excluding hydrogens is 340 g/mol. The Morgan fingerprint density at radius 1 is 1.14 bits per heavy atom. The minimum atomic E-state index is -0.640. The summed E-state index contributed by atoms with van der Waals surface area (Å²) in [7, 11) is 1.73. The van der Waals surface area contributed by atoms with E-state index in [1.165, 1.54) is 25.7 Å². The Morgan fingerprint density at radius 3 is 2.45 bits per heavy atom. The van der Waals surface area contributed by atoms with Crippen LogP contribution in [0.1, 0.15) is 66.7 Å². The molecule has 0 spiro atoms. The highest BCUT2D eigenvalue weighted by molar-refractivity contribution is 9.11. The first-order valence-corrected chi connectivity index (χ1v) is 9.50. The fourth-order valence-electron chi connectivity index (χ4n) is 5.95. The van der Waals surface area contributed by atoms with E-state index >= 15 is 0 Å². The smallest absolute Gasteiger partial charge is 0.198 e. The normalized spacial score (nSPS) is 50.8. The van der Waals surface area contributed by atoms with E-state index in [9.17, 15) is 0 Å². The second kappa shape index (κ2) is 5.07. The summed E-state index contributed by atoms with van der Waals surface area (Å²) in [5, 5.41) is 0. The number of halogens is 1. The summed E-state index contributed by atoms with van der Waals surface area (Å²) in [5.41, 5.74) is 0.639. The summed E-state index contributed by atoms with van der Waals surface area (Å²) in [4.78, 5) is 0. The van der Waals surface area contributed by atoms with Gasteiger partial charge in [0.05, 0.1) is 10.1 Å². The third-order valence-electron chi connectivity index (χ3n) is 7.14. The summed E-state index contributed by atoms with van der Waals surface area (Å²) in [5.74, 6) is 0.591. The Kier molecular flexibility index (Phi) is 3.91. The van der Waals surface area contributed by atoms with E-state index in [-0.39, 0.29) is 5.60 Å². The zero-order chi connectivity index (χ0) is 16.4. The highest BCUT2D eigenvalue weighted by Gasteiger charge is 2.61. The molecule has 22 heavy (non-hydrogen) atoms. The molecule has 1 heterocycles. The average Bonchev–Trinajstić information content (AvgIpc) is 2.40. The molecule has 0 radical (unpaired) electrons. The molecular formula is C19H31BrO2. The van der Waals surface area contributed by atoms with E-state index < -0.39 is 5.79 Å². The van der Waals surface area contributed by atoms with Crippen LogP contribution < -0.4 is 0 Å². The molecule has 0 aromatic heterocycles. The van der Waals surface area contributed by atoms with Gasteiger partial charge in [-0.2, -0.15) is 0 Å². The molecule has 3 rings (SSSR count). The molecule has 1 aliphatic heterocycles. The number of ether oxygens (including phenoxy) is 2. The second-order valence-corrected chi connectivity index (χ2v) is 9.85. The first kappa shape index (κ1) is 17.0. The highest BCUT2D eigenvalue weighted by Crippen LogP contribution is 2.65. The molecule has 2 fully saturated rings. The summed E-state index contributed by atoms with van der Waals surface area (Å²) in [6.07, 6.45) is 8.81. The minimum absolute atomic E-state index is 0.124. The maximum atomic E-state index is 6.57. The van der Waals surface area contributed by atoms with E-state index in [2.05, 4.69) is 49.7 Å². The van der Waals surface area contributed by atoms with E-state index in [1.54, 1.807) is 7.11 Å². The quantitative estimate of drug-likeness (QED) is 0.592. The van der Waals surface area contributed by atoms with Crippen LogP contribution in [0.2, 0.25) is 0 Å². The van der Waals surface area contributed by atoms with Crippen molar-refractivity contribution in [1.82, 2.24) is 0 Å². The van der Waals surface area contributed by atoms with Crippen molar-refractivity contribution in [2.24, 2.45) is 22.7 Å². The van der Waals surface area contributed by atoms with Crippen LogP contribution in [-0.4, -0.2) is 18.5 Å². The Bertz CT molecular complexity index is 500. The Hall–Kier alpha value is 0.140. The Balaban J connectivity index is 2.06. The number of rotatable bonds is 1. The third-order valence-corrected chi connectivity index (χ3v) is 8.12. The first-order valence-electron chi connectivity index (χ1n) is 8.71. The predicted octanol–water partition coefficient (Wildman–Crippen LogP) is 5.66. The highest BCUT2D eigenvalue weighted by atomic mass is 79.9. The molecule has 126 valence electrons. The molecule has 2 aliphatic carbocycles. The largest absolute Gasteiger partial charge is 0.349 e. The molecule has 0 bridgehead atoms. The lowest BCUT2D eigenvalue weighted by Gasteiger charge is -2.63. The number of hydrogen-bond acceptors (Lipinski definition) is 2. The van der Waals surface area contributed by atoms with Gasteiger partial charge in [-0.3, -0.25) is 0 Å². The van der Waals surface area contributed by atoms with Gasteiger partial charge in [0.25, 0.3) is 0 Å². The lowest BCUT2D eigenvalue weighted by Crippen LogP contribution is -2.62. The molecule has 0 amide bonds. The molecule has 5 atom stereocenters. The van der Waals surface area contributed by atoms with E-state index in [1.807, 2.05) is 6.92 Å². The number of hydrogen-bond donors (Lipinski definition) is 0. The van der Waals surface area contributed by atoms with Crippen LogP contribution in [0.15, 0.2) is 10.6 Å². The van der Waals surface area contributed by atoms with Gasteiger partial charge in [0.2, 0.25) is 0 Å². The maximum absolute atomic E-state index is 6.57. The Morgan fingerprint density at radius 2 is 1.82 bits per heavy atom. The van der Waals surface area contributed by atoms with E-state index in [0.717, 1.165) is 16.8 Å². The SMILES string of the molecule is CO[C@@]1(C)O[C@]2(C)CC[C@H]3C(C)(C)CCC[C@]3(C)[C@H]2C=C1Br. The minimum Gasteiger partial charge on any atom is -0.349 e. The van der Waals surface area contributed by atoms with Crippen LogP contribution in [0.25, 0.3) is 0 Å². The zero-order valence-electron chi connectivity index (χ0n) is 15.0. The molecule has 3 heteroatoms. The molecule has 3 aliphatic rings. The molecule has 0 aromatic rings. The number of fused-ring (bicyclic) bond motifs is 3. The number of methoxy groups -OCH3 is 1. The topological polar surface area (TPSA) is 18.5 Å². The van der Waals surface area contributed by atoms with Gasteiger partial charge in [0.1, 0.15) is 0 Å². The van der Waals surface area contributed by atoms with Crippen LogP contribution >= 0.6 is 15.9 Å². The van der Waals surface area contributed by atoms with Gasteiger partial charge in [-0.1, -0.05) is 49.2 Å². The van der Waals surface area contributed by atoms with Gasteiger partial charge < -0.3 is 9.47 Å². The van der Waals surface area contributed by atoms with Crippen LogP contribution in [0, 0.1) is 22.7 Å². The van der Waals surface area contributed by atoms with E-state index in [4.69, 9.17) is 9.47 Å². The van der Waals surface area contributed by atoms with Crippen molar-refractivity contribution in [3.63, 3.8) is 0 Å². The third kappa shape index (κ3) is 2.26. The fourth-order valence-corrected chi connectivity index (χ4v) is 6.46. The summed E-state index contributed by atoms with van der Waals surface area (Å²) in [6, 6.07) is 0. The van der Waals surface area contributed by atoms with E-state index in [0.29, 0.717) is 16.7 Å².